The molecule has 0 amide bonds. The minimum atomic E-state index is 0. The number of halogens is 4. The lowest BCUT2D eigenvalue weighted by Crippen LogP contribution is -2.26. The first-order valence-electron chi connectivity index (χ1n) is 4.36. The van der Waals surface area contributed by atoms with Crippen molar-refractivity contribution in [3.05, 3.63) is 23.2 Å². The SMILES string of the molecule is Cl.Cl.Cl.Nc1ccc(NC2=NCCN2)c(Cl)c1. The van der Waals surface area contributed by atoms with Crippen molar-refractivity contribution >= 4 is 66.2 Å². The summed E-state index contributed by atoms with van der Waals surface area (Å²) in [6.07, 6.45) is 0. The third kappa shape index (κ3) is 5.08. The molecular formula is C9H14Cl4N4. The van der Waals surface area contributed by atoms with Gasteiger partial charge in [-0.05, 0) is 18.2 Å². The van der Waals surface area contributed by atoms with E-state index in [2.05, 4.69) is 15.6 Å². The molecule has 0 saturated heterocycles. The smallest absolute Gasteiger partial charge is 0.195 e. The number of nitrogens with one attached hydrogen (secondary N) is 2. The van der Waals surface area contributed by atoms with Gasteiger partial charge in [0.1, 0.15) is 0 Å². The number of nitrogens with zero attached hydrogens (tertiary/aromatic N) is 1. The Kier molecular flexibility index (Phi) is 9.43. The highest BCUT2D eigenvalue weighted by Gasteiger charge is 2.07. The van der Waals surface area contributed by atoms with E-state index in [1.54, 1.807) is 12.1 Å². The van der Waals surface area contributed by atoms with Gasteiger partial charge in [0, 0.05) is 12.2 Å². The zero-order chi connectivity index (χ0) is 9.97. The molecule has 1 aromatic rings. The standard InChI is InChI=1S/C9H11ClN4.3ClH/c10-7-5-6(11)1-2-8(7)14-9-12-3-4-13-9;;;/h1-2,5H,3-4,11H2,(H2,12,13,14);3*1H. The highest BCUT2D eigenvalue weighted by molar-refractivity contribution is 6.34. The minimum Gasteiger partial charge on any atom is -0.399 e. The molecular weight excluding hydrogens is 306 g/mol. The Hall–Kier alpha value is -0.550. The van der Waals surface area contributed by atoms with Crippen molar-refractivity contribution in [1.82, 2.24) is 5.32 Å². The van der Waals surface area contributed by atoms with Crippen LogP contribution in [0.5, 0.6) is 0 Å². The second kappa shape index (κ2) is 8.53. The summed E-state index contributed by atoms with van der Waals surface area (Å²) in [6, 6.07) is 5.34. The van der Waals surface area contributed by atoms with E-state index >= 15 is 0 Å². The molecule has 0 unspecified atom stereocenters. The molecule has 0 fully saturated rings. The number of aliphatic imine (C=N–C) groups is 1. The number of nitrogens with two attached hydrogens (primary N) is 1. The highest BCUT2D eigenvalue weighted by Crippen LogP contribution is 2.23. The lowest BCUT2D eigenvalue weighted by atomic mass is 10.3. The van der Waals surface area contributed by atoms with Crippen LogP contribution in [0.3, 0.4) is 0 Å². The first kappa shape index (κ1) is 18.8. The van der Waals surface area contributed by atoms with Crippen molar-refractivity contribution in [1.29, 1.82) is 0 Å². The third-order valence-electron chi connectivity index (χ3n) is 1.92. The van der Waals surface area contributed by atoms with Crippen LogP contribution in [-0.2, 0) is 0 Å². The van der Waals surface area contributed by atoms with Crippen LogP contribution in [0.2, 0.25) is 5.02 Å². The van der Waals surface area contributed by atoms with Gasteiger partial charge < -0.3 is 16.4 Å². The van der Waals surface area contributed by atoms with E-state index in [0.29, 0.717) is 10.7 Å². The molecule has 1 aromatic carbocycles. The zero-order valence-electron chi connectivity index (χ0n) is 8.77. The summed E-state index contributed by atoms with van der Waals surface area (Å²) in [4.78, 5) is 4.20. The fourth-order valence-corrected chi connectivity index (χ4v) is 1.48. The summed E-state index contributed by atoms with van der Waals surface area (Å²) in [5, 5.41) is 6.78. The predicted octanol–water partition coefficient (Wildman–Crippen LogP) is 2.56. The van der Waals surface area contributed by atoms with Gasteiger partial charge >= 0.3 is 0 Å². The number of rotatable bonds is 1. The summed E-state index contributed by atoms with van der Waals surface area (Å²) in [6.45, 7) is 1.67. The van der Waals surface area contributed by atoms with E-state index in [9.17, 15) is 0 Å². The molecule has 98 valence electrons. The zero-order valence-corrected chi connectivity index (χ0v) is 12.0. The molecule has 0 bridgehead atoms. The quantitative estimate of drug-likeness (QED) is 0.697. The van der Waals surface area contributed by atoms with Gasteiger partial charge in [0.2, 0.25) is 0 Å². The molecule has 4 N–H and O–H groups in total. The molecule has 4 nitrogen and oxygen atoms in total. The molecule has 1 aliphatic heterocycles. The monoisotopic (exact) mass is 318 g/mol. The van der Waals surface area contributed by atoms with Gasteiger partial charge in [0.15, 0.2) is 5.96 Å². The van der Waals surface area contributed by atoms with E-state index in [1.807, 2.05) is 6.07 Å². The van der Waals surface area contributed by atoms with Crippen LogP contribution >= 0.6 is 48.8 Å². The molecule has 17 heavy (non-hydrogen) atoms. The predicted molar refractivity (Wildman–Crippen MR) is 81.5 cm³/mol. The minimum absolute atomic E-state index is 0. The van der Waals surface area contributed by atoms with Crippen molar-refractivity contribution in [2.75, 3.05) is 24.1 Å². The largest absolute Gasteiger partial charge is 0.399 e. The Morgan fingerprint density at radius 1 is 1.29 bits per heavy atom. The lowest BCUT2D eigenvalue weighted by Gasteiger charge is -2.08. The van der Waals surface area contributed by atoms with Crippen LogP contribution < -0.4 is 16.4 Å². The number of hydrogen-bond acceptors (Lipinski definition) is 4. The van der Waals surface area contributed by atoms with E-state index in [0.717, 1.165) is 24.7 Å². The van der Waals surface area contributed by atoms with E-state index in [1.165, 1.54) is 0 Å². The Morgan fingerprint density at radius 3 is 2.53 bits per heavy atom. The summed E-state index contributed by atoms with van der Waals surface area (Å²) in [7, 11) is 0. The van der Waals surface area contributed by atoms with Crippen molar-refractivity contribution in [2.45, 2.75) is 0 Å². The van der Waals surface area contributed by atoms with Gasteiger partial charge in [-0.1, -0.05) is 11.6 Å². The second-order valence-corrected chi connectivity index (χ2v) is 3.43. The maximum atomic E-state index is 5.98. The van der Waals surface area contributed by atoms with Gasteiger partial charge in [0.05, 0.1) is 17.3 Å². The van der Waals surface area contributed by atoms with Crippen LogP contribution in [0, 0.1) is 0 Å². The molecule has 0 radical (unpaired) electrons. The molecule has 0 aromatic heterocycles. The Balaban J connectivity index is 0. The summed E-state index contributed by atoms with van der Waals surface area (Å²) >= 11 is 5.98. The molecule has 8 heteroatoms. The summed E-state index contributed by atoms with van der Waals surface area (Å²) < 4.78 is 0. The van der Waals surface area contributed by atoms with Crippen LogP contribution in [0.1, 0.15) is 0 Å². The fourth-order valence-electron chi connectivity index (χ4n) is 1.24. The molecule has 1 heterocycles. The van der Waals surface area contributed by atoms with Crippen molar-refractivity contribution < 1.29 is 0 Å². The van der Waals surface area contributed by atoms with Crippen LogP contribution in [-0.4, -0.2) is 19.0 Å². The van der Waals surface area contributed by atoms with Gasteiger partial charge in [0.25, 0.3) is 0 Å². The normalized spacial score (nSPS) is 12.2. The third-order valence-corrected chi connectivity index (χ3v) is 2.23. The van der Waals surface area contributed by atoms with Crippen molar-refractivity contribution in [2.24, 2.45) is 4.99 Å². The second-order valence-electron chi connectivity index (χ2n) is 3.02. The number of benzene rings is 1. The van der Waals surface area contributed by atoms with E-state index < -0.39 is 0 Å². The maximum absolute atomic E-state index is 5.98. The topological polar surface area (TPSA) is 62.4 Å². The molecule has 0 saturated carbocycles. The van der Waals surface area contributed by atoms with Gasteiger partial charge in [-0.2, -0.15) is 0 Å². The molecule has 0 atom stereocenters. The van der Waals surface area contributed by atoms with Crippen LogP contribution in [0.25, 0.3) is 0 Å². The van der Waals surface area contributed by atoms with Crippen molar-refractivity contribution in [3.8, 4) is 0 Å². The highest BCUT2D eigenvalue weighted by atomic mass is 35.5. The van der Waals surface area contributed by atoms with E-state index in [-0.39, 0.29) is 37.2 Å². The molecule has 0 aliphatic carbocycles. The average molecular weight is 320 g/mol. The van der Waals surface area contributed by atoms with Gasteiger partial charge in [-0.3, -0.25) is 4.99 Å². The Bertz CT molecular complexity index is 383. The average Bonchev–Trinajstić information content (AvgIpc) is 2.62. The fraction of sp³-hybridized carbons (Fsp3) is 0.222. The Labute approximate surface area is 124 Å². The van der Waals surface area contributed by atoms with Gasteiger partial charge in [-0.25, -0.2) is 0 Å². The summed E-state index contributed by atoms with van der Waals surface area (Å²) in [5.41, 5.74) is 7.05. The maximum Gasteiger partial charge on any atom is 0.195 e. The number of nitrogen functional groups attached to an aromatic ring is 1. The first-order valence-corrected chi connectivity index (χ1v) is 4.74. The molecule has 2 rings (SSSR count). The van der Waals surface area contributed by atoms with Crippen molar-refractivity contribution in [3.63, 3.8) is 0 Å². The van der Waals surface area contributed by atoms with E-state index in [4.69, 9.17) is 17.3 Å². The van der Waals surface area contributed by atoms with Crippen LogP contribution in [0.4, 0.5) is 11.4 Å². The lowest BCUT2D eigenvalue weighted by molar-refractivity contribution is 0.959. The molecule has 0 spiro atoms. The number of hydrogen-bond donors (Lipinski definition) is 3. The number of guanidine groups is 1. The first-order chi connectivity index (χ1) is 6.75. The summed E-state index contributed by atoms with van der Waals surface area (Å²) in [5.74, 6) is 0.761. The van der Waals surface area contributed by atoms with Crippen LogP contribution in [0.15, 0.2) is 23.2 Å². The Morgan fingerprint density at radius 2 is 2.00 bits per heavy atom. The molecule has 1 aliphatic rings. The number of anilines is 2. The van der Waals surface area contributed by atoms with Gasteiger partial charge in [-0.15, -0.1) is 37.2 Å².